The number of carboxylic acids is 1. The standard InChI is InChI=1S/C13H15F2NO4/c14-11(15)8-20-6-5-12(17)16-10-3-1-9(2-4-10)7-13(18)19/h1-4,11H,5-8H2,(H,16,17)(H,18,19). The van der Waals surface area contributed by atoms with E-state index in [9.17, 15) is 18.4 Å². The second kappa shape index (κ2) is 8.21. The van der Waals surface area contributed by atoms with Crippen LogP contribution in [0, 0.1) is 0 Å². The van der Waals surface area contributed by atoms with Gasteiger partial charge in [0.1, 0.15) is 6.61 Å². The summed E-state index contributed by atoms with van der Waals surface area (Å²) in [6.45, 7) is -0.759. The molecule has 0 radical (unpaired) electrons. The minimum Gasteiger partial charge on any atom is -0.481 e. The molecule has 0 saturated heterocycles. The Morgan fingerprint density at radius 1 is 1.25 bits per heavy atom. The molecule has 1 aromatic carbocycles. The summed E-state index contributed by atoms with van der Waals surface area (Å²) in [5, 5.41) is 11.2. The number of anilines is 1. The molecule has 20 heavy (non-hydrogen) atoms. The quantitative estimate of drug-likeness (QED) is 0.716. The SMILES string of the molecule is O=C(O)Cc1ccc(NC(=O)CCOCC(F)F)cc1. The molecular formula is C13H15F2NO4. The minimum atomic E-state index is -2.54. The lowest BCUT2D eigenvalue weighted by molar-refractivity contribution is -0.136. The number of halogens is 2. The lowest BCUT2D eigenvalue weighted by atomic mass is 10.1. The molecule has 0 bridgehead atoms. The van der Waals surface area contributed by atoms with Crippen LogP contribution in [0.15, 0.2) is 24.3 Å². The van der Waals surface area contributed by atoms with Crippen LogP contribution in [0.3, 0.4) is 0 Å². The van der Waals surface area contributed by atoms with Crippen molar-refractivity contribution in [3.63, 3.8) is 0 Å². The number of hydrogen-bond acceptors (Lipinski definition) is 3. The van der Waals surface area contributed by atoms with E-state index in [4.69, 9.17) is 5.11 Å². The monoisotopic (exact) mass is 287 g/mol. The molecule has 110 valence electrons. The van der Waals surface area contributed by atoms with E-state index in [0.717, 1.165) is 0 Å². The van der Waals surface area contributed by atoms with E-state index < -0.39 is 19.0 Å². The van der Waals surface area contributed by atoms with Gasteiger partial charge in [-0.3, -0.25) is 9.59 Å². The summed E-state index contributed by atoms with van der Waals surface area (Å²) in [6, 6.07) is 6.35. The Kier molecular flexibility index (Phi) is 6.58. The van der Waals surface area contributed by atoms with Gasteiger partial charge in [-0.25, -0.2) is 8.78 Å². The first kappa shape index (κ1) is 16.0. The van der Waals surface area contributed by atoms with Crippen molar-refractivity contribution in [2.45, 2.75) is 19.3 Å². The maximum atomic E-state index is 11.8. The number of amides is 1. The molecule has 1 aromatic rings. The summed E-state index contributed by atoms with van der Waals surface area (Å²) >= 11 is 0. The van der Waals surface area contributed by atoms with Gasteiger partial charge >= 0.3 is 5.97 Å². The maximum absolute atomic E-state index is 11.8. The molecule has 0 spiro atoms. The molecule has 0 fully saturated rings. The molecule has 0 heterocycles. The Hall–Kier alpha value is -2.02. The van der Waals surface area contributed by atoms with Crippen LogP contribution in [0.25, 0.3) is 0 Å². The first-order valence-electron chi connectivity index (χ1n) is 5.94. The van der Waals surface area contributed by atoms with Gasteiger partial charge in [0.25, 0.3) is 6.43 Å². The van der Waals surface area contributed by atoms with E-state index in [0.29, 0.717) is 11.3 Å². The van der Waals surface area contributed by atoms with Crippen LogP contribution in [-0.4, -0.2) is 36.6 Å². The van der Waals surface area contributed by atoms with Gasteiger partial charge in [0.05, 0.1) is 19.4 Å². The Balaban J connectivity index is 2.33. The highest BCUT2D eigenvalue weighted by Crippen LogP contribution is 2.10. The van der Waals surface area contributed by atoms with Gasteiger partial charge in [0.2, 0.25) is 5.91 Å². The van der Waals surface area contributed by atoms with Crippen molar-refractivity contribution >= 4 is 17.6 Å². The molecule has 0 saturated carbocycles. The topological polar surface area (TPSA) is 75.6 Å². The van der Waals surface area contributed by atoms with Crippen LogP contribution in [0.1, 0.15) is 12.0 Å². The maximum Gasteiger partial charge on any atom is 0.307 e. The van der Waals surface area contributed by atoms with E-state index in [1.807, 2.05) is 0 Å². The average Bonchev–Trinajstić information content (AvgIpc) is 2.36. The Bertz CT molecular complexity index is 448. The molecular weight excluding hydrogens is 272 g/mol. The number of carbonyl (C=O) groups excluding carboxylic acids is 1. The first-order valence-corrected chi connectivity index (χ1v) is 5.94. The van der Waals surface area contributed by atoms with Gasteiger partial charge in [-0.05, 0) is 17.7 Å². The molecule has 0 aliphatic rings. The second-order valence-electron chi connectivity index (χ2n) is 4.03. The molecule has 7 heteroatoms. The van der Waals surface area contributed by atoms with Crippen LogP contribution in [0.5, 0.6) is 0 Å². The van der Waals surface area contributed by atoms with Crippen LogP contribution in [-0.2, 0) is 20.7 Å². The highest BCUT2D eigenvalue weighted by atomic mass is 19.3. The summed E-state index contributed by atoms with van der Waals surface area (Å²) in [7, 11) is 0. The number of ether oxygens (including phenoxy) is 1. The molecule has 0 aliphatic heterocycles. The number of rotatable bonds is 8. The fourth-order valence-electron chi connectivity index (χ4n) is 1.44. The number of nitrogens with one attached hydrogen (secondary N) is 1. The third-order valence-corrected chi connectivity index (χ3v) is 2.31. The van der Waals surface area contributed by atoms with Gasteiger partial charge in [0, 0.05) is 5.69 Å². The molecule has 0 unspecified atom stereocenters. The third-order valence-electron chi connectivity index (χ3n) is 2.31. The van der Waals surface area contributed by atoms with E-state index >= 15 is 0 Å². The number of hydrogen-bond donors (Lipinski definition) is 2. The molecule has 1 rings (SSSR count). The number of alkyl halides is 2. The minimum absolute atomic E-state index is 0.0242. The fourth-order valence-corrected chi connectivity index (χ4v) is 1.44. The van der Waals surface area contributed by atoms with Gasteiger partial charge in [-0.15, -0.1) is 0 Å². The van der Waals surface area contributed by atoms with Crippen molar-refractivity contribution in [2.75, 3.05) is 18.5 Å². The lowest BCUT2D eigenvalue weighted by Crippen LogP contribution is -2.15. The molecule has 1 amide bonds. The van der Waals surface area contributed by atoms with E-state index in [1.165, 1.54) is 0 Å². The molecule has 2 N–H and O–H groups in total. The number of benzene rings is 1. The smallest absolute Gasteiger partial charge is 0.307 e. The van der Waals surface area contributed by atoms with Crippen LogP contribution < -0.4 is 5.32 Å². The lowest BCUT2D eigenvalue weighted by Gasteiger charge is -2.06. The van der Waals surface area contributed by atoms with Crippen molar-refractivity contribution < 1.29 is 28.2 Å². The Morgan fingerprint density at radius 2 is 1.90 bits per heavy atom. The van der Waals surface area contributed by atoms with Crippen molar-refractivity contribution in [2.24, 2.45) is 0 Å². The molecule has 0 aliphatic carbocycles. The Morgan fingerprint density at radius 3 is 2.45 bits per heavy atom. The van der Waals surface area contributed by atoms with Crippen LogP contribution in [0.2, 0.25) is 0 Å². The summed E-state index contributed by atoms with van der Waals surface area (Å²) < 4.78 is 28.1. The van der Waals surface area contributed by atoms with Gasteiger partial charge in [-0.1, -0.05) is 12.1 Å². The predicted molar refractivity (Wildman–Crippen MR) is 67.9 cm³/mol. The highest BCUT2D eigenvalue weighted by Gasteiger charge is 2.06. The largest absolute Gasteiger partial charge is 0.481 e. The van der Waals surface area contributed by atoms with Crippen LogP contribution >= 0.6 is 0 Å². The predicted octanol–water partition coefficient (Wildman–Crippen LogP) is 1.92. The van der Waals surface area contributed by atoms with Crippen molar-refractivity contribution in [3.05, 3.63) is 29.8 Å². The van der Waals surface area contributed by atoms with E-state index in [-0.39, 0.29) is 25.4 Å². The van der Waals surface area contributed by atoms with Gasteiger partial charge in [0.15, 0.2) is 0 Å². The summed E-state index contributed by atoms with van der Waals surface area (Å²) in [6.07, 6.45) is -2.65. The summed E-state index contributed by atoms with van der Waals surface area (Å²) in [4.78, 5) is 21.9. The number of carbonyl (C=O) groups is 2. The Labute approximate surface area is 114 Å². The zero-order chi connectivity index (χ0) is 15.0. The number of aliphatic carboxylic acids is 1. The highest BCUT2D eigenvalue weighted by molar-refractivity contribution is 5.90. The third kappa shape index (κ3) is 6.79. The van der Waals surface area contributed by atoms with E-state index in [2.05, 4.69) is 10.1 Å². The first-order chi connectivity index (χ1) is 9.47. The number of carboxylic acid groups (broad SMARTS) is 1. The normalized spacial score (nSPS) is 10.6. The van der Waals surface area contributed by atoms with Gasteiger partial charge in [-0.2, -0.15) is 0 Å². The summed E-state index contributed by atoms with van der Waals surface area (Å²) in [5.74, 6) is -1.29. The average molecular weight is 287 g/mol. The summed E-state index contributed by atoms with van der Waals surface area (Å²) in [5.41, 5.74) is 1.13. The van der Waals surface area contributed by atoms with E-state index in [1.54, 1.807) is 24.3 Å². The zero-order valence-electron chi connectivity index (χ0n) is 10.6. The van der Waals surface area contributed by atoms with Crippen LogP contribution in [0.4, 0.5) is 14.5 Å². The molecule has 0 atom stereocenters. The van der Waals surface area contributed by atoms with Crippen molar-refractivity contribution in [3.8, 4) is 0 Å². The van der Waals surface area contributed by atoms with Crippen molar-refractivity contribution in [1.29, 1.82) is 0 Å². The van der Waals surface area contributed by atoms with Gasteiger partial charge < -0.3 is 15.2 Å². The molecule has 0 aromatic heterocycles. The fraction of sp³-hybridized carbons (Fsp3) is 0.385. The molecule has 5 nitrogen and oxygen atoms in total. The zero-order valence-corrected chi connectivity index (χ0v) is 10.6. The van der Waals surface area contributed by atoms with Crippen molar-refractivity contribution in [1.82, 2.24) is 0 Å². The second-order valence-corrected chi connectivity index (χ2v) is 4.03.